The fraction of sp³-hybridized carbons (Fsp3) is 0.350. The molecule has 0 aromatic heterocycles. The predicted octanol–water partition coefficient (Wildman–Crippen LogP) is 3.13. The highest BCUT2D eigenvalue weighted by molar-refractivity contribution is 5.56. The smallest absolute Gasteiger partial charge is 0.485 e. The molecule has 3 rings (SSSR count). The molecule has 2 aromatic rings. The maximum absolute atomic E-state index is 12.5. The summed E-state index contributed by atoms with van der Waals surface area (Å²) in [4.78, 5) is 13.2. The van der Waals surface area contributed by atoms with Crippen molar-refractivity contribution in [3.8, 4) is 17.2 Å². The third-order valence-electron chi connectivity index (χ3n) is 4.38. The van der Waals surface area contributed by atoms with E-state index in [1.807, 2.05) is 0 Å². The van der Waals surface area contributed by atoms with Crippen LogP contribution in [0.1, 0.15) is 12.0 Å². The Hall–Kier alpha value is -2.78. The van der Waals surface area contributed by atoms with Gasteiger partial charge in [-0.1, -0.05) is 24.3 Å². The van der Waals surface area contributed by atoms with Gasteiger partial charge >= 0.3 is 6.36 Å². The van der Waals surface area contributed by atoms with Gasteiger partial charge in [0.05, 0.1) is 6.61 Å². The van der Waals surface area contributed by atoms with Crippen molar-refractivity contribution in [2.45, 2.75) is 31.7 Å². The second-order valence-electron chi connectivity index (χ2n) is 6.46. The van der Waals surface area contributed by atoms with E-state index >= 15 is 0 Å². The van der Waals surface area contributed by atoms with Gasteiger partial charge in [-0.3, -0.25) is 9.69 Å². The Morgan fingerprint density at radius 2 is 1.83 bits per heavy atom. The number of aliphatic hydroxyl groups is 1. The van der Waals surface area contributed by atoms with Crippen LogP contribution in [0.4, 0.5) is 13.2 Å². The molecular weight excluding hydrogens is 391 g/mol. The highest BCUT2D eigenvalue weighted by atomic mass is 19.4. The zero-order valence-electron chi connectivity index (χ0n) is 15.3. The van der Waals surface area contributed by atoms with Gasteiger partial charge in [0, 0.05) is 13.1 Å². The summed E-state index contributed by atoms with van der Waals surface area (Å²) in [6.07, 6.45) is -4.93. The molecule has 0 amide bonds. The van der Waals surface area contributed by atoms with Crippen molar-refractivity contribution in [1.82, 2.24) is 4.90 Å². The van der Waals surface area contributed by atoms with Crippen LogP contribution in [0.2, 0.25) is 0 Å². The normalized spacial score (nSPS) is 18.3. The van der Waals surface area contributed by atoms with Gasteiger partial charge in [0.25, 0.3) is 0 Å². The minimum atomic E-state index is -4.82. The van der Waals surface area contributed by atoms with Crippen LogP contribution in [0.3, 0.4) is 0 Å². The number of alkyl halides is 3. The maximum Gasteiger partial charge on any atom is 0.573 e. The molecule has 9 heteroatoms. The molecule has 0 saturated carbocycles. The molecule has 2 aromatic carbocycles. The molecule has 156 valence electrons. The van der Waals surface area contributed by atoms with Crippen LogP contribution >= 0.6 is 0 Å². The molecule has 1 N–H and O–H groups in total. The van der Waals surface area contributed by atoms with Crippen molar-refractivity contribution in [1.29, 1.82) is 0 Å². The summed E-state index contributed by atoms with van der Waals surface area (Å²) in [7, 11) is 0. The Balaban J connectivity index is 1.61. The lowest BCUT2D eigenvalue weighted by molar-refractivity contribution is -0.275. The fourth-order valence-corrected chi connectivity index (χ4v) is 3.02. The molecule has 0 spiro atoms. The minimum Gasteiger partial charge on any atom is -0.485 e. The highest BCUT2D eigenvalue weighted by Crippen LogP contribution is 2.33. The Morgan fingerprint density at radius 3 is 2.45 bits per heavy atom. The molecule has 1 unspecified atom stereocenters. The molecule has 29 heavy (non-hydrogen) atoms. The number of ether oxygens (including phenoxy) is 3. The van der Waals surface area contributed by atoms with Crippen molar-refractivity contribution in [3.05, 3.63) is 54.1 Å². The van der Waals surface area contributed by atoms with Gasteiger partial charge < -0.3 is 19.3 Å². The van der Waals surface area contributed by atoms with E-state index in [0.717, 1.165) is 5.56 Å². The third-order valence-corrected chi connectivity index (χ3v) is 4.38. The summed E-state index contributed by atoms with van der Waals surface area (Å²) in [5, 5.41) is 9.07. The molecule has 2 atom stereocenters. The number of halogens is 3. The zero-order valence-corrected chi connectivity index (χ0v) is 15.3. The number of aldehydes is 1. The number of aliphatic hydroxyl groups excluding tert-OH is 1. The SMILES string of the molecule is O=CC(Oc1ccc(CO)cc1)N1CC[C@@H](Oc2ccccc2OC(F)(F)F)C1. The van der Waals surface area contributed by atoms with Crippen molar-refractivity contribution in [2.24, 2.45) is 0 Å². The van der Waals surface area contributed by atoms with Gasteiger partial charge in [0.2, 0.25) is 6.23 Å². The van der Waals surface area contributed by atoms with Crippen molar-refractivity contribution < 1.29 is 37.3 Å². The lowest BCUT2D eigenvalue weighted by Crippen LogP contribution is -2.40. The molecule has 1 saturated heterocycles. The lowest BCUT2D eigenvalue weighted by atomic mass is 10.2. The monoisotopic (exact) mass is 411 g/mol. The number of nitrogens with zero attached hydrogens (tertiary/aromatic N) is 1. The highest BCUT2D eigenvalue weighted by Gasteiger charge is 2.34. The summed E-state index contributed by atoms with van der Waals surface area (Å²) < 4.78 is 53.0. The van der Waals surface area contributed by atoms with Crippen molar-refractivity contribution in [2.75, 3.05) is 13.1 Å². The zero-order chi connectivity index (χ0) is 20.9. The van der Waals surface area contributed by atoms with Gasteiger partial charge in [-0.15, -0.1) is 13.2 Å². The Kier molecular flexibility index (Phi) is 6.60. The van der Waals surface area contributed by atoms with E-state index in [2.05, 4.69) is 4.74 Å². The number of para-hydroxylation sites is 2. The standard InChI is InChI=1S/C20H20F3NO5/c21-20(22,23)29-18-4-2-1-3-17(18)27-16-9-10-24(11-16)19(13-26)28-15-7-5-14(12-25)6-8-15/h1-8,13,16,19,25H,9-12H2/t16-,19?/m1/s1. The molecule has 6 nitrogen and oxygen atoms in total. The summed E-state index contributed by atoms with van der Waals surface area (Å²) in [5.74, 6) is 0.0399. The average Bonchev–Trinajstić information content (AvgIpc) is 3.15. The summed E-state index contributed by atoms with van der Waals surface area (Å²) >= 11 is 0. The number of hydrogen-bond acceptors (Lipinski definition) is 6. The van der Waals surface area contributed by atoms with Gasteiger partial charge in [-0.25, -0.2) is 0 Å². The summed E-state index contributed by atoms with van der Waals surface area (Å²) in [6.45, 7) is 0.686. The predicted molar refractivity (Wildman–Crippen MR) is 96.6 cm³/mol. The van der Waals surface area contributed by atoms with Crippen molar-refractivity contribution >= 4 is 6.29 Å². The third kappa shape index (κ3) is 5.85. The van der Waals surface area contributed by atoms with E-state index in [0.29, 0.717) is 31.5 Å². The van der Waals surface area contributed by atoms with Crippen LogP contribution in [0, 0.1) is 0 Å². The van der Waals surface area contributed by atoms with E-state index in [1.165, 1.54) is 18.2 Å². The average molecular weight is 411 g/mol. The van der Waals surface area contributed by atoms with Crippen LogP contribution in [0.15, 0.2) is 48.5 Å². The van der Waals surface area contributed by atoms with E-state index in [-0.39, 0.29) is 12.4 Å². The lowest BCUT2D eigenvalue weighted by Gasteiger charge is -2.24. The largest absolute Gasteiger partial charge is 0.573 e. The number of benzene rings is 2. The second kappa shape index (κ2) is 9.15. The number of hydrogen-bond donors (Lipinski definition) is 1. The molecular formula is C20H20F3NO5. The second-order valence-corrected chi connectivity index (χ2v) is 6.46. The maximum atomic E-state index is 12.5. The van der Waals surface area contributed by atoms with Crippen LogP contribution < -0.4 is 14.2 Å². The van der Waals surface area contributed by atoms with Crippen molar-refractivity contribution in [3.63, 3.8) is 0 Å². The van der Waals surface area contributed by atoms with Crippen LogP contribution in [-0.2, 0) is 11.4 Å². The van der Waals surface area contributed by atoms with E-state index in [9.17, 15) is 18.0 Å². The Bertz CT molecular complexity index is 813. The van der Waals surface area contributed by atoms with Crippen LogP contribution in [-0.4, -0.2) is 48.1 Å². The minimum absolute atomic E-state index is 0.0140. The Morgan fingerprint density at radius 1 is 1.14 bits per heavy atom. The first kappa shape index (κ1) is 20.9. The summed E-state index contributed by atoms with van der Waals surface area (Å²) in [5.41, 5.74) is 0.717. The van der Waals surface area contributed by atoms with E-state index in [4.69, 9.17) is 14.6 Å². The first-order valence-corrected chi connectivity index (χ1v) is 8.95. The number of likely N-dealkylation sites (tertiary alicyclic amines) is 1. The topological polar surface area (TPSA) is 68.2 Å². The number of carbonyl (C=O) groups excluding carboxylic acids is 1. The quantitative estimate of drug-likeness (QED) is 0.674. The summed E-state index contributed by atoms with van der Waals surface area (Å²) in [6, 6.07) is 12.2. The van der Waals surface area contributed by atoms with Crippen LogP contribution in [0.25, 0.3) is 0 Å². The van der Waals surface area contributed by atoms with Crippen LogP contribution in [0.5, 0.6) is 17.2 Å². The first-order valence-electron chi connectivity index (χ1n) is 8.95. The number of carbonyl (C=O) groups is 1. The van der Waals surface area contributed by atoms with Gasteiger partial charge in [-0.2, -0.15) is 0 Å². The molecule has 0 radical (unpaired) electrons. The van der Waals surface area contributed by atoms with E-state index in [1.54, 1.807) is 35.2 Å². The molecule has 1 aliphatic heterocycles. The van der Waals surface area contributed by atoms with E-state index < -0.39 is 24.4 Å². The molecule has 0 bridgehead atoms. The van der Waals surface area contributed by atoms with Gasteiger partial charge in [-0.05, 0) is 36.2 Å². The molecule has 1 heterocycles. The Labute approximate surface area is 165 Å². The first-order chi connectivity index (χ1) is 13.9. The van der Waals surface area contributed by atoms with Gasteiger partial charge in [0.15, 0.2) is 17.8 Å². The fourth-order valence-electron chi connectivity index (χ4n) is 3.02. The molecule has 1 aliphatic rings. The molecule has 1 fully saturated rings. The molecule has 0 aliphatic carbocycles. The number of rotatable bonds is 8. The van der Waals surface area contributed by atoms with Gasteiger partial charge in [0.1, 0.15) is 11.9 Å².